The monoisotopic (exact) mass is 556 g/mol. The fraction of sp³-hybridized carbons (Fsp3) is 0.154. The van der Waals surface area contributed by atoms with Gasteiger partial charge in [-0.25, -0.2) is 15.0 Å². The Morgan fingerprint density at radius 1 is 0.744 bits per heavy atom. The summed E-state index contributed by atoms with van der Waals surface area (Å²) >= 11 is 0. The van der Waals surface area contributed by atoms with E-state index in [2.05, 4.69) is 146 Å². The van der Waals surface area contributed by atoms with Gasteiger partial charge in [-0.05, 0) is 51.2 Å². The van der Waals surface area contributed by atoms with Crippen LogP contribution in [0.15, 0.2) is 145 Å². The quantitative estimate of drug-likeness (QED) is 0.241. The molecular formula is C39H32N4. The lowest BCUT2D eigenvalue weighted by Crippen LogP contribution is -2.47. The summed E-state index contributed by atoms with van der Waals surface area (Å²) in [5.74, 6) is 2.28. The fourth-order valence-corrected chi connectivity index (χ4v) is 6.71. The smallest absolute Gasteiger partial charge is 0.163 e. The first-order valence-electron chi connectivity index (χ1n) is 15.1. The molecule has 5 aromatic rings. The molecule has 0 saturated heterocycles. The van der Waals surface area contributed by atoms with Gasteiger partial charge in [0.1, 0.15) is 5.82 Å². The van der Waals surface area contributed by atoms with E-state index in [1.807, 2.05) is 0 Å². The first kappa shape index (κ1) is 25.8. The molecule has 1 aromatic heterocycles. The van der Waals surface area contributed by atoms with E-state index >= 15 is 0 Å². The summed E-state index contributed by atoms with van der Waals surface area (Å²) in [6.45, 7) is 3.23. The van der Waals surface area contributed by atoms with Crippen LogP contribution in [0.25, 0.3) is 44.3 Å². The molecule has 3 unspecified atom stereocenters. The number of benzene rings is 4. The topological polar surface area (TPSA) is 50.7 Å². The highest BCUT2D eigenvalue weighted by atomic mass is 15.0. The van der Waals surface area contributed by atoms with Crippen LogP contribution in [0, 0.1) is 5.41 Å². The Morgan fingerprint density at radius 3 is 2.02 bits per heavy atom. The van der Waals surface area contributed by atoms with Gasteiger partial charge in [-0.2, -0.15) is 0 Å². The number of aromatic nitrogens is 3. The van der Waals surface area contributed by atoms with E-state index in [4.69, 9.17) is 15.0 Å². The summed E-state index contributed by atoms with van der Waals surface area (Å²) in [4.78, 5) is 15.2. The van der Waals surface area contributed by atoms with Gasteiger partial charge in [0.25, 0.3) is 0 Å². The van der Waals surface area contributed by atoms with Gasteiger partial charge in [0.15, 0.2) is 11.6 Å². The summed E-state index contributed by atoms with van der Waals surface area (Å²) in [7, 11) is 0. The highest BCUT2D eigenvalue weighted by Gasteiger charge is 2.39. The normalized spacial score (nSPS) is 22.8. The molecular weight excluding hydrogens is 524 g/mol. The van der Waals surface area contributed by atoms with Gasteiger partial charge >= 0.3 is 0 Å². The summed E-state index contributed by atoms with van der Waals surface area (Å²) in [5, 5.41) is 8.47. The van der Waals surface area contributed by atoms with Crippen LogP contribution < -0.4 is 5.32 Å². The Balaban J connectivity index is 1.18. The van der Waals surface area contributed by atoms with Crippen LogP contribution in [0.4, 0.5) is 0 Å². The lowest BCUT2D eigenvalue weighted by molar-refractivity contribution is 0.379. The molecule has 3 atom stereocenters. The molecule has 0 radical (unpaired) electrons. The molecule has 3 aliphatic rings. The van der Waals surface area contributed by atoms with Gasteiger partial charge in [-0.15, -0.1) is 0 Å². The Labute approximate surface area is 251 Å². The molecule has 8 rings (SSSR count). The standard InChI is InChI=1S/C39H32N4/c1-39(22-6-12-28-13-7-23-40-35(28)39)34-20-18-29(19-21-34)36-41-37(32-16-14-26-8-2-4-10-30(26)24-32)43-38(42-36)33-17-15-27-9-3-5-11-31(27)25-33/h2-18,20-22,24-25,29,35,40H,19,23H2,1H3. The van der Waals surface area contributed by atoms with Crippen LogP contribution in [0.5, 0.6) is 0 Å². The number of hydrogen-bond acceptors (Lipinski definition) is 4. The van der Waals surface area contributed by atoms with Crippen LogP contribution >= 0.6 is 0 Å². The molecule has 0 bridgehead atoms. The zero-order valence-corrected chi connectivity index (χ0v) is 24.1. The van der Waals surface area contributed by atoms with Crippen LogP contribution in [-0.2, 0) is 0 Å². The van der Waals surface area contributed by atoms with Crippen molar-refractivity contribution in [2.24, 2.45) is 5.41 Å². The fourth-order valence-electron chi connectivity index (χ4n) is 6.71. The van der Waals surface area contributed by atoms with Gasteiger partial charge < -0.3 is 5.32 Å². The third kappa shape index (κ3) is 4.65. The molecule has 43 heavy (non-hydrogen) atoms. The summed E-state index contributed by atoms with van der Waals surface area (Å²) in [6.07, 6.45) is 19.0. The van der Waals surface area contributed by atoms with Gasteiger partial charge in [-0.1, -0.05) is 128 Å². The molecule has 4 nitrogen and oxygen atoms in total. The largest absolute Gasteiger partial charge is 0.305 e. The minimum absolute atomic E-state index is 0.0653. The van der Waals surface area contributed by atoms with E-state index in [0.717, 1.165) is 29.9 Å². The molecule has 2 aliphatic carbocycles. The summed E-state index contributed by atoms with van der Waals surface area (Å²) in [6, 6.07) is 30.0. The molecule has 208 valence electrons. The van der Waals surface area contributed by atoms with Crippen molar-refractivity contribution in [3.63, 3.8) is 0 Å². The third-order valence-electron chi connectivity index (χ3n) is 9.14. The van der Waals surface area contributed by atoms with Crippen LogP contribution in [0.2, 0.25) is 0 Å². The number of fused-ring (bicyclic) bond motifs is 3. The van der Waals surface area contributed by atoms with Crippen molar-refractivity contribution in [3.8, 4) is 22.8 Å². The predicted octanol–water partition coefficient (Wildman–Crippen LogP) is 8.51. The third-order valence-corrected chi connectivity index (χ3v) is 9.14. The average molecular weight is 557 g/mol. The van der Waals surface area contributed by atoms with E-state index < -0.39 is 0 Å². The van der Waals surface area contributed by atoms with E-state index in [1.54, 1.807) is 0 Å². The van der Waals surface area contributed by atoms with Gasteiger partial charge in [0, 0.05) is 35.0 Å². The molecule has 1 N–H and O–H groups in total. The van der Waals surface area contributed by atoms with Crippen molar-refractivity contribution in [1.29, 1.82) is 0 Å². The lowest BCUT2D eigenvalue weighted by Gasteiger charge is -2.42. The van der Waals surface area contributed by atoms with Gasteiger partial charge in [0.05, 0.1) is 0 Å². The average Bonchev–Trinajstić information content (AvgIpc) is 3.08. The van der Waals surface area contributed by atoms with Gasteiger partial charge in [0.2, 0.25) is 0 Å². The molecule has 4 aromatic carbocycles. The lowest BCUT2D eigenvalue weighted by atomic mass is 9.68. The van der Waals surface area contributed by atoms with Crippen molar-refractivity contribution in [3.05, 3.63) is 151 Å². The van der Waals surface area contributed by atoms with E-state index in [-0.39, 0.29) is 17.4 Å². The molecule has 2 heterocycles. The maximum Gasteiger partial charge on any atom is 0.163 e. The van der Waals surface area contributed by atoms with E-state index in [0.29, 0.717) is 11.6 Å². The zero-order valence-electron chi connectivity index (χ0n) is 24.1. The SMILES string of the molecule is CC1(C2=CCC(c3nc(-c4ccc5ccccc5c4)nc(-c4ccc5ccccc5c4)n3)C=C2)C=CC=C2C=CCNC21. The number of allylic oxidation sites excluding steroid dienone is 5. The van der Waals surface area contributed by atoms with Crippen molar-refractivity contribution in [2.45, 2.75) is 25.3 Å². The van der Waals surface area contributed by atoms with Crippen molar-refractivity contribution in [2.75, 3.05) is 6.54 Å². The second-order valence-electron chi connectivity index (χ2n) is 11.9. The molecule has 0 saturated carbocycles. The van der Waals surface area contributed by atoms with Gasteiger partial charge in [-0.3, -0.25) is 0 Å². The molecule has 0 fully saturated rings. The minimum Gasteiger partial charge on any atom is -0.305 e. The maximum absolute atomic E-state index is 5.10. The summed E-state index contributed by atoms with van der Waals surface area (Å²) < 4.78 is 0. The number of nitrogens with zero attached hydrogens (tertiary/aromatic N) is 3. The van der Waals surface area contributed by atoms with Crippen molar-refractivity contribution in [1.82, 2.24) is 20.3 Å². The van der Waals surface area contributed by atoms with Crippen LogP contribution in [-0.4, -0.2) is 27.5 Å². The second-order valence-corrected chi connectivity index (χ2v) is 11.9. The van der Waals surface area contributed by atoms with E-state index in [9.17, 15) is 0 Å². The van der Waals surface area contributed by atoms with Crippen molar-refractivity contribution < 1.29 is 0 Å². The number of nitrogens with one attached hydrogen (secondary N) is 1. The van der Waals surface area contributed by atoms with E-state index in [1.165, 1.54) is 32.7 Å². The predicted molar refractivity (Wildman–Crippen MR) is 177 cm³/mol. The van der Waals surface area contributed by atoms with Crippen LogP contribution in [0.3, 0.4) is 0 Å². The first-order chi connectivity index (χ1) is 21.1. The van der Waals surface area contributed by atoms with Crippen molar-refractivity contribution >= 4 is 21.5 Å². The summed E-state index contributed by atoms with van der Waals surface area (Å²) in [5.41, 5.74) is 4.55. The minimum atomic E-state index is -0.109. The zero-order chi connectivity index (χ0) is 28.8. The Hall–Kier alpha value is -4.93. The Kier molecular flexibility index (Phi) is 6.23. The second kappa shape index (κ2) is 10.4. The Morgan fingerprint density at radius 2 is 1.40 bits per heavy atom. The highest BCUT2D eigenvalue weighted by Crippen LogP contribution is 2.43. The molecule has 0 spiro atoms. The number of hydrogen-bond donors (Lipinski definition) is 1. The highest BCUT2D eigenvalue weighted by molar-refractivity contribution is 5.88. The molecule has 4 heteroatoms. The first-order valence-corrected chi connectivity index (χ1v) is 15.1. The Bertz CT molecular complexity index is 1950. The number of rotatable bonds is 4. The van der Waals surface area contributed by atoms with Crippen LogP contribution in [0.1, 0.15) is 25.1 Å². The molecule has 1 aliphatic heterocycles. The molecule has 0 amide bonds. The maximum atomic E-state index is 5.10.